The van der Waals surface area contributed by atoms with Gasteiger partial charge in [0.15, 0.2) is 5.60 Å². The smallest absolute Gasteiger partial charge is 0.233 e. The summed E-state index contributed by atoms with van der Waals surface area (Å²) in [5, 5.41) is 0. The van der Waals surface area contributed by atoms with Crippen LogP contribution in [0.4, 0.5) is 4.39 Å². The molecule has 0 aromatic heterocycles. The lowest BCUT2D eigenvalue weighted by atomic mass is 9.88. The third-order valence-electron chi connectivity index (χ3n) is 2.66. The van der Waals surface area contributed by atoms with E-state index in [1.807, 2.05) is 44.2 Å². The van der Waals surface area contributed by atoms with Crippen LogP contribution in [0.15, 0.2) is 30.3 Å². The van der Waals surface area contributed by atoms with E-state index in [1.54, 1.807) is 0 Å². The molecule has 1 aliphatic heterocycles. The summed E-state index contributed by atoms with van der Waals surface area (Å²) in [4.78, 5) is 0. The zero-order valence-electron chi connectivity index (χ0n) is 7.83. The quantitative estimate of drug-likeness (QED) is 0.637. The van der Waals surface area contributed by atoms with Crippen LogP contribution < -0.4 is 0 Å². The van der Waals surface area contributed by atoms with Crippen molar-refractivity contribution in [1.82, 2.24) is 0 Å². The van der Waals surface area contributed by atoms with Gasteiger partial charge in [-0.25, -0.2) is 4.39 Å². The average molecular weight is 180 g/mol. The summed E-state index contributed by atoms with van der Waals surface area (Å²) in [7, 11) is 0. The van der Waals surface area contributed by atoms with Crippen molar-refractivity contribution >= 4 is 0 Å². The number of ether oxygens (including phenoxy) is 1. The molecule has 0 spiro atoms. The first kappa shape index (κ1) is 8.70. The summed E-state index contributed by atoms with van der Waals surface area (Å²) >= 11 is 0. The van der Waals surface area contributed by atoms with E-state index in [0.717, 1.165) is 5.56 Å². The normalized spacial score (nSPS) is 32.2. The van der Waals surface area contributed by atoms with E-state index < -0.39 is 12.0 Å². The Kier molecular flexibility index (Phi) is 1.88. The first-order chi connectivity index (χ1) is 6.18. The molecule has 1 aromatic rings. The zero-order chi connectivity index (χ0) is 9.47. The SMILES string of the molecule is CC(C)C1(c2ccccc2)OC1F. The van der Waals surface area contributed by atoms with E-state index in [9.17, 15) is 4.39 Å². The molecule has 0 aliphatic carbocycles. The molecule has 2 heteroatoms. The average Bonchev–Trinajstić information content (AvgIpc) is 2.80. The minimum absolute atomic E-state index is 0.171. The van der Waals surface area contributed by atoms with Crippen molar-refractivity contribution in [3.05, 3.63) is 35.9 Å². The summed E-state index contributed by atoms with van der Waals surface area (Å²) in [5.41, 5.74) is 0.277. The molecule has 1 aliphatic rings. The molecule has 0 bridgehead atoms. The molecular weight excluding hydrogens is 167 g/mol. The number of alkyl halides is 1. The van der Waals surface area contributed by atoms with E-state index in [2.05, 4.69) is 0 Å². The molecule has 0 saturated carbocycles. The van der Waals surface area contributed by atoms with Gasteiger partial charge in [-0.2, -0.15) is 0 Å². The second-order valence-electron chi connectivity index (χ2n) is 3.75. The first-order valence-corrected chi connectivity index (χ1v) is 4.55. The van der Waals surface area contributed by atoms with Crippen LogP contribution in [0.2, 0.25) is 0 Å². The molecule has 1 nitrogen and oxygen atoms in total. The third-order valence-corrected chi connectivity index (χ3v) is 2.66. The van der Waals surface area contributed by atoms with Crippen LogP contribution in [0.25, 0.3) is 0 Å². The van der Waals surface area contributed by atoms with Gasteiger partial charge in [0.25, 0.3) is 0 Å². The van der Waals surface area contributed by atoms with Crippen LogP contribution in [-0.2, 0) is 10.3 Å². The molecule has 1 heterocycles. The first-order valence-electron chi connectivity index (χ1n) is 4.55. The number of halogens is 1. The zero-order valence-corrected chi connectivity index (χ0v) is 7.83. The van der Waals surface area contributed by atoms with Gasteiger partial charge in [-0.15, -0.1) is 0 Å². The van der Waals surface area contributed by atoms with E-state index in [-0.39, 0.29) is 5.92 Å². The lowest BCUT2D eigenvalue weighted by Crippen LogP contribution is -2.18. The molecule has 70 valence electrons. The highest BCUT2D eigenvalue weighted by Crippen LogP contribution is 2.52. The Bertz CT molecular complexity index is 296. The van der Waals surface area contributed by atoms with Crippen molar-refractivity contribution in [1.29, 1.82) is 0 Å². The topological polar surface area (TPSA) is 12.5 Å². The lowest BCUT2D eigenvalue weighted by molar-refractivity contribution is 0.219. The summed E-state index contributed by atoms with van der Waals surface area (Å²) < 4.78 is 18.2. The van der Waals surface area contributed by atoms with Crippen molar-refractivity contribution in [3.63, 3.8) is 0 Å². The van der Waals surface area contributed by atoms with Gasteiger partial charge in [0.2, 0.25) is 6.36 Å². The summed E-state index contributed by atoms with van der Waals surface area (Å²) in [5.74, 6) is 0.171. The van der Waals surface area contributed by atoms with Crippen LogP contribution >= 0.6 is 0 Å². The Morgan fingerprint density at radius 3 is 2.23 bits per heavy atom. The summed E-state index contributed by atoms with van der Waals surface area (Å²) in [6, 6.07) is 9.58. The van der Waals surface area contributed by atoms with Crippen LogP contribution in [0.5, 0.6) is 0 Å². The molecule has 0 radical (unpaired) electrons. The maximum atomic E-state index is 13.1. The Morgan fingerprint density at radius 2 is 1.85 bits per heavy atom. The number of benzene rings is 1. The molecule has 2 unspecified atom stereocenters. The van der Waals surface area contributed by atoms with E-state index in [0.29, 0.717) is 0 Å². The second-order valence-corrected chi connectivity index (χ2v) is 3.75. The summed E-state index contributed by atoms with van der Waals surface area (Å²) in [6.07, 6.45) is -1.13. The predicted molar refractivity (Wildman–Crippen MR) is 48.9 cm³/mol. The Hall–Kier alpha value is -0.890. The molecule has 2 rings (SSSR count). The highest BCUT2D eigenvalue weighted by atomic mass is 19.2. The lowest BCUT2D eigenvalue weighted by Gasteiger charge is -2.15. The highest BCUT2D eigenvalue weighted by molar-refractivity contribution is 5.28. The number of hydrogen-bond acceptors (Lipinski definition) is 1. The van der Waals surface area contributed by atoms with Crippen LogP contribution in [0, 0.1) is 5.92 Å². The Balaban J connectivity index is 2.35. The Labute approximate surface area is 77.5 Å². The molecule has 1 fully saturated rings. The molecule has 1 saturated heterocycles. The fourth-order valence-corrected chi connectivity index (χ4v) is 1.77. The maximum Gasteiger partial charge on any atom is 0.233 e. The monoisotopic (exact) mass is 180 g/mol. The van der Waals surface area contributed by atoms with Gasteiger partial charge >= 0.3 is 0 Å². The van der Waals surface area contributed by atoms with Gasteiger partial charge in [-0.3, -0.25) is 0 Å². The van der Waals surface area contributed by atoms with Crippen molar-refractivity contribution in [2.75, 3.05) is 0 Å². The van der Waals surface area contributed by atoms with Crippen LogP contribution in [0.1, 0.15) is 19.4 Å². The van der Waals surface area contributed by atoms with Gasteiger partial charge in [-0.05, 0) is 11.5 Å². The maximum absolute atomic E-state index is 13.1. The standard InChI is InChI=1S/C11H13FO/c1-8(2)11(10(12)13-11)9-6-4-3-5-7-9/h3-8,10H,1-2H3. The second kappa shape index (κ2) is 2.81. The van der Waals surface area contributed by atoms with E-state index in [1.165, 1.54) is 0 Å². The minimum Gasteiger partial charge on any atom is -0.328 e. The van der Waals surface area contributed by atoms with E-state index >= 15 is 0 Å². The van der Waals surface area contributed by atoms with Crippen molar-refractivity contribution in [2.45, 2.75) is 25.8 Å². The predicted octanol–water partition coefficient (Wildman–Crippen LogP) is 2.86. The van der Waals surface area contributed by atoms with Gasteiger partial charge in [0.05, 0.1) is 0 Å². The number of epoxide rings is 1. The number of rotatable bonds is 2. The van der Waals surface area contributed by atoms with Crippen molar-refractivity contribution < 1.29 is 9.13 Å². The Morgan fingerprint density at radius 1 is 1.31 bits per heavy atom. The third kappa shape index (κ3) is 1.17. The fourth-order valence-electron chi connectivity index (χ4n) is 1.77. The highest BCUT2D eigenvalue weighted by Gasteiger charge is 2.61. The van der Waals surface area contributed by atoms with Gasteiger partial charge < -0.3 is 4.74 Å². The van der Waals surface area contributed by atoms with Gasteiger partial charge in [-0.1, -0.05) is 44.2 Å². The molecule has 13 heavy (non-hydrogen) atoms. The van der Waals surface area contributed by atoms with E-state index in [4.69, 9.17) is 4.74 Å². The number of hydrogen-bond donors (Lipinski definition) is 0. The molecule has 2 atom stereocenters. The van der Waals surface area contributed by atoms with Crippen molar-refractivity contribution in [2.24, 2.45) is 5.92 Å². The fraction of sp³-hybridized carbons (Fsp3) is 0.455. The molecular formula is C11H13FO. The molecule has 0 N–H and O–H groups in total. The molecule has 1 aromatic carbocycles. The van der Waals surface area contributed by atoms with Gasteiger partial charge in [0.1, 0.15) is 0 Å². The van der Waals surface area contributed by atoms with Crippen LogP contribution in [0.3, 0.4) is 0 Å². The summed E-state index contributed by atoms with van der Waals surface area (Å²) in [6.45, 7) is 3.96. The van der Waals surface area contributed by atoms with Crippen molar-refractivity contribution in [3.8, 4) is 0 Å². The van der Waals surface area contributed by atoms with Gasteiger partial charge in [0, 0.05) is 0 Å². The van der Waals surface area contributed by atoms with Crippen LogP contribution in [-0.4, -0.2) is 6.36 Å². The minimum atomic E-state index is -1.13. The largest absolute Gasteiger partial charge is 0.328 e. The molecule has 0 amide bonds.